The number of aromatic nitrogens is 1. The number of nitrogens with one attached hydrogen (secondary N) is 1. The predicted octanol–water partition coefficient (Wildman–Crippen LogP) is 0.483. The first-order valence-corrected chi connectivity index (χ1v) is 6.35. The van der Waals surface area contributed by atoms with Crippen LogP contribution in [0.15, 0.2) is 29.7 Å². The van der Waals surface area contributed by atoms with Gasteiger partial charge in [-0.1, -0.05) is 13.0 Å². The number of rotatable bonds is 4. The van der Waals surface area contributed by atoms with Crippen molar-refractivity contribution in [3.63, 3.8) is 0 Å². The number of aryl methyl sites for hydroxylation is 1. The molecule has 2 rings (SSSR count). The van der Waals surface area contributed by atoms with Gasteiger partial charge in [-0.05, 0) is 18.1 Å². The van der Waals surface area contributed by atoms with Gasteiger partial charge in [0.15, 0.2) is 0 Å². The maximum atomic E-state index is 6.13. The fraction of sp³-hybridized carbons (Fsp3) is 0.462. The quantitative estimate of drug-likeness (QED) is 0.533. The zero-order valence-electron chi connectivity index (χ0n) is 10.8. The standard InChI is InChI=1S/C13H21N5/c1-2-12-10(4-3-6-17-12)9-18(15)13-5-7-16-8-11(13)14/h3-4,6,16H,2,5,7-9,14-15H2,1H3. The first-order chi connectivity index (χ1) is 8.72. The van der Waals surface area contributed by atoms with Gasteiger partial charge in [0.05, 0.1) is 12.2 Å². The largest absolute Gasteiger partial charge is 0.400 e. The molecule has 5 nitrogen and oxygen atoms in total. The van der Waals surface area contributed by atoms with Crippen molar-refractivity contribution < 1.29 is 0 Å². The third-order valence-electron chi connectivity index (χ3n) is 3.23. The maximum absolute atomic E-state index is 6.13. The highest BCUT2D eigenvalue weighted by Crippen LogP contribution is 2.16. The Bertz CT molecular complexity index is 441. The smallest absolute Gasteiger partial charge is 0.0607 e. The second-order valence-electron chi connectivity index (χ2n) is 4.49. The Balaban J connectivity index is 2.13. The highest BCUT2D eigenvalue weighted by molar-refractivity contribution is 5.22. The van der Waals surface area contributed by atoms with Gasteiger partial charge in [0.25, 0.3) is 0 Å². The van der Waals surface area contributed by atoms with Crippen LogP contribution in [0.1, 0.15) is 24.6 Å². The van der Waals surface area contributed by atoms with E-state index in [0.29, 0.717) is 6.54 Å². The summed E-state index contributed by atoms with van der Waals surface area (Å²) < 4.78 is 0. The van der Waals surface area contributed by atoms with Crippen LogP contribution in [0.25, 0.3) is 0 Å². The van der Waals surface area contributed by atoms with E-state index in [-0.39, 0.29) is 0 Å². The molecule has 0 unspecified atom stereocenters. The predicted molar refractivity (Wildman–Crippen MR) is 72.0 cm³/mol. The fourth-order valence-electron chi connectivity index (χ4n) is 2.23. The average molecular weight is 247 g/mol. The maximum Gasteiger partial charge on any atom is 0.0607 e. The second-order valence-corrected chi connectivity index (χ2v) is 4.49. The van der Waals surface area contributed by atoms with Crippen molar-refractivity contribution in [2.45, 2.75) is 26.3 Å². The lowest BCUT2D eigenvalue weighted by atomic mass is 10.1. The Kier molecular flexibility index (Phi) is 4.17. The Morgan fingerprint density at radius 2 is 2.33 bits per heavy atom. The van der Waals surface area contributed by atoms with Crippen LogP contribution in [0.4, 0.5) is 0 Å². The van der Waals surface area contributed by atoms with Gasteiger partial charge in [0.1, 0.15) is 0 Å². The van der Waals surface area contributed by atoms with Gasteiger partial charge in [-0.3, -0.25) is 4.98 Å². The highest BCUT2D eigenvalue weighted by atomic mass is 15.4. The number of hydrogen-bond donors (Lipinski definition) is 3. The van der Waals surface area contributed by atoms with Crippen LogP contribution in [0.3, 0.4) is 0 Å². The molecule has 0 atom stereocenters. The van der Waals surface area contributed by atoms with E-state index < -0.39 is 0 Å². The summed E-state index contributed by atoms with van der Waals surface area (Å²) in [5.74, 6) is 6.13. The Labute approximate surface area is 108 Å². The average Bonchev–Trinajstić information content (AvgIpc) is 2.39. The molecule has 0 aliphatic carbocycles. The molecule has 0 amide bonds. The number of hydrazine groups is 1. The normalized spacial score (nSPS) is 15.9. The summed E-state index contributed by atoms with van der Waals surface area (Å²) in [6, 6.07) is 4.02. The summed E-state index contributed by atoms with van der Waals surface area (Å²) >= 11 is 0. The van der Waals surface area contributed by atoms with Crippen LogP contribution in [-0.4, -0.2) is 23.1 Å². The van der Waals surface area contributed by atoms with Crippen LogP contribution in [0, 0.1) is 0 Å². The van der Waals surface area contributed by atoms with Crippen molar-refractivity contribution in [1.29, 1.82) is 0 Å². The molecule has 0 saturated heterocycles. The van der Waals surface area contributed by atoms with E-state index in [9.17, 15) is 0 Å². The van der Waals surface area contributed by atoms with E-state index in [0.717, 1.165) is 43.0 Å². The van der Waals surface area contributed by atoms with Crippen molar-refractivity contribution >= 4 is 0 Å². The van der Waals surface area contributed by atoms with Crippen LogP contribution in [0.2, 0.25) is 0 Å². The lowest BCUT2D eigenvalue weighted by molar-refractivity contribution is 0.322. The summed E-state index contributed by atoms with van der Waals surface area (Å²) in [5, 5.41) is 4.98. The number of pyridine rings is 1. The molecule has 1 aromatic heterocycles. The van der Waals surface area contributed by atoms with E-state index in [1.807, 2.05) is 12.3 Å². The minimum absolute atomic E-state index is 0.660. The van der Waals surface area contributed by atoms with E-state index in [1.165, 1.54) is 5.56 Å². The topological polar surface area (TPSA) is 80.2 Å². The molecule has 0 aromatic carbocycles. The molecule has 1 aromatic rings. The number of hydrogen-bond acceptors (Lipinski definition) is 5. The molecule has 0 fully saturated rings. The monoisotopic (exact) mass is 247 g/mol. The van der Waals surface area contributed by atoms with E-state index in [4.69, 9.17) is 11.6 Å². The van der Waals surface area contributed by atoms with E-state index in [1.54, 1.807) is 5.01 Å². The molecular weight excluding hydrogens is 226 g/mol. The molecule has 0 bridgehead atoms. The molecular formula is C13H21N5. The van der Waals surface area contributed by atoms with Gasteiger partial charge in [0.2, 0.25) is 0 Å². The van der Waals surface area contributed by atoms with Crippen molar-refractivity contribution in [2.75, 3.05) is 13.1 Å². The minimum Gasteiger partial charge on any atom is -0.400 e. The van der Waals surface area contributed by atoms with Gasteiger partial charge >= 0.3 is 0 Å². The van der Waals surface area contributed by atoms with E-state index in [2.05, 4.69) is 23.3 Å². The van der Waals surface area contributed by atoms with Gasteiger partial charge in [-0.25, -0.2) is 5.84 Å². The number of nitrogens with zero attached hydrogens (tertiary/aromatic N) is 2. The Morgan fingerprint density at radius 3 is 3.06 bits per heavy atom. The Hall–Kier alpha value is -1.59. The molecule has 1 aliphatic rings. The summed E-state index contributed by atoms with van der Waals surface area (Å²) in [6.07, 6.45) is 3.62. The van der Waals surface area contributed by atoms with Crippen molar-refractivity contribution in [1.82, 2.24) is 15.3 Å². The van der Waals surface area contributed by atoms with Crippen molar-refractivity contribution in [3.8, 4) is 0 Å². The second kappa shape index (κ2) is 5.84. The van der Waals surface area contributed by atoms with Gasteiger partial charge in [0, 0.05) is 37.1 Å². The zero-order chi connectivity index (χ0) is 13.0. The molecule has 1 aliphatic heterocycles. The molecule has 5 heteroatoms. The lowest BCUT2D eigenvalue weighted by Gasteiger charge is -2.28. The zero-order valence-corrected chi connectivity index (χ0v) is 10.8. The molecule has 5 N–H and O–H groups in total. The van der Waals surface area contributed by atoms with Crippen LogP contribution >= 0.6 is 0 Å². The first-order valence-electron chi connectivity index (χ1n) is 6.35. The van der Waals surface area contributed by atoms with Crippen molar-refractivity contribution in [3.05, 3.63) is 41.0 Å². The lowest BCUT2D eigenvalue weighted by Crippen LogP contribution is -2.39. The van der Waals surface area contributed by atoms with Gasteiger partial charge in [-0.15, -0.1) is 0 Å². The van der Waals surface area contributed by atoms with Crippen LogP contribution in [0.5, 0.6) is 0 Å². The minimum atomic E-state index is 0.660. The first kappa shape index (κ1) is 12.9. The number of nitrogens with two attached hydrogens (primary N) is 2. The van der Waals surface area contributed by atoms with Crippen LogP contribution in [-0.2, 0) is 13.0 Å². The third-order valence-corrected chi connectivity index (χ3v) is 3.23. The molecule has 0 spiro atoms. The van der Waals surface area contributed by atoms with Gasteiger partial charge in [-0.2, -0.15) is 0 Å². The highest BCUT2D eigenvalue weighted by Gasteiger charge is 2.15. The SMILES string of the molecule is CCc1ncccc1CN(N)C1=C(N)CNCC1. The summed E-state index contributed by atoms with van der Waals surface area (Å²) in [5.41, 5.74) is 10.1. The molecule has 18 heavy (non-hydrogen) atoms. The fourth-order valence-corrected chi connectivity index (χ4v) is 2.23. The Morgan fingerprint density at radius 1 is 1.50 bits per heavy atom. The summed E-state index contributed by atoms with van der Waals surface area (Å²) in [4.78, 5) is 4.37. The molecule has 0 saturated carbocycles. The molecule has 98 valence electrons. The van der Waals surface area contributed by atoms with E-state index >= 15 is 0 Å². The molecule has 0 radical (unpaired) electrons. The molecule has 2 heterocycles. The summed E-state index contributed by atoms with van der Waals surface area (Å²) in [7, 11) is 0. The van der Waals surface area contributed by atoms with Crippen LogP contribution < -0.4 is 16.9 Å². The van der Waals surface area contributed by atoms with Crippen molar-refractivity contribution in [2.24, 2.45) is 11.6 Å². The third kappa shape index (κ3) is 2.80. The summed E-state index contributed by atoms with van der Waals surface area (Å²) in [6.45, 7) is 4.41. The van der Waals surface area contributed by atoms with Gasteiger partial charge < -0.3 is 16.1 Å².